The maximum atomic E-state index is 11.5. The third-order valence-electron chi connectivity index (χ3n) is 1.43. The molecule has 3 N–H and O–H groups in total. The second kappa shape index (κ2) is 4.03. The van der Waals surface area contributed by atoms with Crippen molar-refractivity contribution in [1.82, 2.24) is 4.72 Å². The molecule has 0 spiro atoms. The molecule has 1 aromatic heterocycles. The minimum atomic E-state index is -3.64. The molecule has 8 heteroatoms. The van der Waals surface area contributed by atoms with Crippen LogP contribution in [-0.2, 0) is 10.0 Å². The fourth-order valence-corrected chi connectivity index (χ4v) is 3.24. The number of sulfonamides is 1. The van der Waals surface area contributed by atoms with E-state index in [1.807, 2.05) is 0 Å². The number of anilines is 1. The Morgan fingerprint density at radius 3 is 2.79 bits per heavy atom. The van der Waals surface area contributed by atoms with Gasteiger partial charge < -0.3 is 5.73 Å². The van der Waals surface area contributed by atoms with Gasteiger partial charge in [-0.25, -0.2) is 13.1 Å². The van der Waals surface area contributed by atoms with Crippen molar-refractivity contribution in [3.63, 3.8) is 0 Å². The molecular formula is C6H9N3O3S2. The highest BCUT2D eigenvalue weighted by atomic mass is 32.2. The molecule has 0 unspecified atom stereocenters. The molecule has 0 bridgehead atoms. The zero-order chi connectivity index (χ0) is 10.8. The molecule has 78 valence electrons. The fraction of sp³-hybridized carbons (Fsp3) is 0.333. The van der Waals surface area contributed by atoms with Crippen molar-refractivity contribution >= 4 is 32.7 Å². The van der Waals surface area contributed by atoms with Crippen molar-refractivity contribution < 1.29 is 8.42 Å². The van der Waals surface area contributed by atoms with Gasteiger partial charge in [-0.1, -0.05) is 6.92 Å². The average molecular weight is 235 g/mol. The van der Waals surface area contributed by atoms with Gasteiger partial charge in [0.25, 0.3) is 10.0 Å². The summed E-state index contributed by atoms with van der Waals surface area (Å²) < 4.78 is 25.1. The summed E-state index contributed by atoms with van der Waals surface area (Å²) in [4.78, 5) is 10.3. The number of nitroso groups, excluding NO2 is 1. The molecule has 0 aliphatic heterocycles. The van der Waals surface area contributed by atoms with Crippen LogP contribution in [0.5, 0.6) is 0 Å². The Labute approximate surface area is 85.1 Å². The highest BCUT2D eigenvalue weighted by Crippen LogP contribution is 2.36. The SMILES string of the molecule is CCNS(=O)(=O)c1scc(N)c1N=O. The molecule has 0 amide bonds. The number of hydrogen-bond donors (Lipinski definition) is 2. The van der Waals surface area contributed by atoms with Gasteiger partial charge in [0.05, 0.1) is 5.69 Å². The number of thiophene rings is 1. The summed E-state index contributed by atoms with van der Waals surface area (Å²) in [5, 5.41) is 3.97. The Morgan fingerprint density at radius 1 is 1.64 bits per heavy atom. The van der Waals surface area contributed by atoms with E-state index >= 15 is 0 Å². The zero-order valence-electron chi connectivity index (χ0n) is 7.35. The number of nitrogen functional groups attached to an aromatic ring is 1. The van der Waals surface area contributed by atoms with Crippen LogP contribution in [0.2, 0.25) is 0 Å². The third kappa shape index (κ3) is 1.91. The summed E-state index contributed by atoms with van der Waals surface area (Å²) >= 11 is 0.878. The van der Waals surface area contributed by atoms with Gasteiger partial charge in [0.15, 0.2) is 9.90 Å². The summed E-state index contributed by atoms with van der Waals surface area (Å²) in [6.45, 7) is 1.89. The maximum Gasteiger partial charge on any atom is 0.252 e. The summed E-state index contributed by atoms with van der Waals surface area (Å²) in [5.74, 6) is 0. The smallest absolute Gasteiger partial charge is 0.252 e. The van der Waals surface area contributed by atoms with Gasteiger partial charge in [0.1, 0.15) is 0 Å². The van der Waals surface area contributed by atoms with Crippen molar-refractivity contribution in [1.29, 1.82) is 0 Å². The van der Waals surface area contributed by atoms with Crippen LogP contribution in [0.4, 0.5) is 11.4 Å². The Balaban J connectivity index is 3.26. The van der Waals surface area contributed by atoms with Gasteiger partial charge in [-0.2, -0.15) is 0 Å². The summed E-state index contributed by atoms with van der Waals surface area (Å²) in [6, 6.07) is 0. The monoisotopic (exact) mass is 235 g/mol. The van der Waals surface area contributed by atoms with Crippen LogP contribution in [-0.4, -0.2) is 15.0 Å². The van der Waals surface area contributed by atoms with E-state index in [1.54, 1.807) is 6.92 Å². The minimum absolute atomic E-state index is 0.0847. The van der Waals surface area contributed by atoms with E-state index < -0.39 is 10.0 Å². The molecule has 0 fully saturated rings. The topological polar surface area (TPSA) is 102 Å². The normalized spacial score (nSPS) is 11.5. The average Bonchev–Trinajstić information content (AvgIpc) is 2.47. The Bertz CT molecular complexity index is 437. The van der Waals surface area contributed by atoms with E-state index in [-0.39, 0.29) is 22.1 Å². The molecule has 0 atom stereocenters. The van der Waals surface area contributed by atoms with Crippen LogP contribution >= 0.6 is 11.3 Å². The van der Waals surface area contributed by atoms with Gasteiger partial charge in [-0.3, -0.25) is 0 Å². The van der Waals surface area contributed by atoms with Gasteiger partial charge in [-0.05, 0) is 5.18 Å². The minimum Gasteiger partial charge on any atom is -0.396 e. The lowest BCUT2D eigenvalue weighted by molar-refractivity contribution is 0.586. The van der Waals surface area contributed by atoms with Crippen molar-refractivity contribution in [3.8, 4) is 0 Å². The van der Waals surface area contributed by atoms with Crippen molar-refractivity contribution in [2.75, 3.05) is 12.3 Å². The summed E-state index contributed by atoms with van der Waals surface area (Å²) in [6.07, 6.45) is 0. The first kappa shape index (κ1) is 11.1. The molecule has 1 aromatic rings. The molecule has 6 nitrogen and oxygen atoms in total. The third-order valence-corrected chi connectivity index (χ3v) is 4.51. The number of nitrogens with two attached hydrogens (primary N) is 1. The van der Waals surface area contributed by atoms with Crippen LogP contribution in [0.3, 0.4) is 0 Å². The molecule has 1 rings (SSSR count). The Hall–Kier alpha value is -0.990. The standard InChI is InChI=1S/C6H9N3O3S2/c1-2-8-14(11,12)6-5(9-10)4(7)3-13-6/h3,8H,2,7H2,1H3. The molecule has 0 saturated carbocycles. The van der Waals surface area contributed by atoms with Crippen LogP contribution in [0.25, 0.3) is 0 Å². The largest absolute Gasteiger partial charge is 0.396 e. The highest BCUT2D eigenvalue weighted by molar-refractivity contribution is 7.91. The zero-order valence-corrected chi connectivity index (χ0v) is 8.98. The number of nitrogens with one attached hydrogen (secondary N) is 1. The van der Waals surface area contributed by atoms with Crippen LogP contribution < -0.4 is 10.5 Å². The van der Waals surface area contributed by atoms with Gasteiger partial charge in [0.2, 0.25) is 0 Å². The predicted octanol–water partition coefficient (Wildman–Crippen LogP) is 1.03. The molecular weight excluding hydrogens is 226 g/mol. The van der Waals surface area contributed by atoms with E-state index in [4.69, 9.17) is 5.73 Å². The molecule has 0 radical (unpaired) electrons. The number of hydrogen-bond acceptors (Lipinski definition) is 6. The van der Waals surface area contributed by atoms with Gasteiger partial charge in [0, 0.05) is 11.9 Å². The van der Waals surface area contributed by atoms with E-state index in [2.05, 4.69) is 9.90 Å². The van der Waals surface area contributed by atoms with Gasteiger partial charge in [-0.15, -0.1) is 16.2 Å². The van der Waals surface area contributed by atoms with Crippen molar-refractivity contribution in [3.05, 3.63) is 10.3 Å². The molecule has 14 heavy (non-hydrogen) atoms. The molecule has 0 aliphatic rings. The molecule has 0 aromatic carbocycles. The first-order valence-electron chi connectivity index (χ1n) is 3.73. The summed E-state index contributed by atoms with van der Waals surface area (Å²) in [5.41, 5.74) is 5.24. The van der Waals surface area contributed by atoms with Crippen molar-refractivity contribution in [2.24, 2.45) is 5.18 Å². The second-order valence-electron chi connectivity index (χ2n) is 2.42. The van der Waals surface area contributed by atoms with Gasteiger partial charge >= 0.3 is 0 Å². The number of nitrogens with zero attached hydrogens (tertiary/aromatic N) is 1. The molecule has 0 saturated heterocycles. The van der Waals surface area contributed by atoms with Crippen LogP contribution in [0.1, 0.15) is 6.92 Å². The quantitative estimate of drug-likeness (QED) is 0.761. The second-order valence-corrected chi connectivity index (χ2v) is 5.26. The lowest BCUT2D eigenvalue weighted by Gasteiger charge is -2.00. The molecule has 0 aliphatic carbocycles. The maximum absolute atomic E-state index is 11.5. The van der Waals surface area contributed by atoms with Crippen molar-refractivity contribution in [2.45, 2.75) is 11.1 Å². The lowest BCUT2D eigenvalue weighted by atomic mass is 10.5. The lowest BCUT2D eigenvalue weighted by Crippen LogP contribution is -2.22. The first-order chi connectivity index (χ1) is 6.53. The highest BCUT2D eigenvalue weighted by Gasteiger charge is 2.22. The Morgan fingerprint density at radius 2 is 2.29 bits per heavy atom. The van der Waals surface area contributed by atoms with E-state index in [0.717, 1.165) is 11.3 Å². The number of rotatable bonds is 4. The van der Waals surface area contributed by atoms with E-state index in [0.29, 0.717) is 0 Å². The predicted molar refractivity (Wildman–Crippen MR) is 55.0 cm³/mol. The van der Waals surface area contributed by atoms with E-state index in [9.17, 15) is 13.3 Å². The molecule has 1 heterocycles. The van der Waals surface area contributed by atoms with E-state index in [1.165, 1.54) is 5.38 Å². The van der Waals surface area contributed by atoms with Crippen LogP contribution in [0, 0.1) is 4.91 Å². The summed E-state index contributed by atoms with van der Waals surface area (Å²) in [7, 11) is -3.64. The first-order valence-corrected chi connectivity index (χ1v) is 6.09. The fourth-order valence-electron chi connectivity index (χ4n) is 0.883. The Kier molecular flexibility index (Phi) is 3.19. The van der Waals surface area contributed by atoms with Crippen LogP contribution in [0.15, 0.2) is 14.8 Å².